The molecule has 3 atom stereocenters. The lowest BCUT2D eigenvalue weighted by molar-refractivity contribution is -0.253. The van der Waals surface area contributed by atoms with Crippen LogP contribution in [0.2, 0.25) is 0 Å². The maximum Gasteiger partial charge on any atom is 0.303 e. The Morgan fingerprint density at radius 1 is 0.840 bits per heavy atom. The summed E-state index contributed by atoms with van der Waals surface area (Å²) in [4.78, 5) is 25.3. The normalized spacial score (nSPS) is 19.0. The summed E-state index contributed by atoms with van der Waals surface area (Å²) in [6.45, 7) is 2.70. The van der Waals surface area contributed by atoms with Gasteiger partial charge in [0.2, 0.25) is 5.91 Å². The highest BCUT2D eigenvalue weighted by molar-refractivity contribution is 5.80. The van der Waals surface area contributed by atoms with Crippen LogP contribution in [0.25, 0.3) is 11.1 Å². The highest BCUT2D eigenvalue weighted by Crippen LogP contribution is 2.40. The first kappa shape index (κ1) is 35.1. The number of methoxy groups -OCH3 is 2. The highest BCUT2D eigenvalue weighted by Gasteiger charge is 2.34. The first-order chi connectivity index (χ1) is 24.3. The van der Waals surface area contributed by atoms with Gasteiger partial charge in [-0.25, -0.2) is 0 Å². The first-order valence-electron chi connectivity index (χ1n) is 17.0. The van der Waals surface area contributed by atoms with Crippen molar-refractivity contribution in [3.63, 3.8) is 0 Å². The van der Waals surface area contributed by atoms with Crippen molar-refractivity contribution in [1.82, 2.24) is 10.2 Å². The van der Waals surface area contributed by atoms with Crippen LogP contribution in [0.5, 0.6) is 11.5 Å². The minimum Gasteiger partial charge on any atom is -0.493 e. The van der Waals surface area contributed by atoms with Crippen molar-refractivity contribution in [2.24, 2.45) is 0 Å². The first-order valence-corrected chi connectivity index (χ1v) is 17.0. The van der Waals surface area contributed by atoms with E-state index < -0.39 is 12.3 Å². The molecular formula is C40H44N2O8. The van der Waals surface area contributed by atoms with Crippen LogP contribution in [0.4, 0.5) is 0 Å². The van der Waals surface area contributed by atoms with Crippen LogP contribution in [-0.2, 0) is 45.2 Å². The van der Waals surface area contributed by atoms with Gasteiger partial charge >= 0.3 is 5.97 Å². The van der Waals surface area contributed by atoms with Crippen molar-refractivity contribution >= 4 is 11.9 Å². The quantitative estimate of drug-likeness (QED) is 0.157. The average Bonchev–Trinajstić information content (AvgIpc) is 3.15. The number of carboxylic acid groups (broad SMARTS) is 1. The van der Waals surface area contributed by atoms with Gasteiger partial charge in [-0.15, -0.1) is 0 Å². The number of nitrogens with one attached hydrogen (secondary N) is 1. The summed E-state index contributed by atoms with van der Waals surface area (Å²) in [5, 5.41) is 21.3. The second-order valence-corrected chi connectivity index (χ2v) is 12.8. The summed E-state index contributed by atoms with van der Waals surface area (Å²) in [6.07, 6.45) is 0.428. The summed E-state index contributed by atoms with van der Waals surface area (Å²) >= 11 is 0. The number of ether oxygens (including phenoxy) is 4. The van der Waals surface area contributed by atoms with Crippen LogP contribution in [0.15, 0.2) is 84.9 Å². The molecule has 0 bridgehead atoms. The molecule has 4 aromatic carbocycles. The molecule has 2 heterocycles. The van der Waals surface area contributed by atoms with Gasteiger partial charge in [-0.2, -0.15) is 0 Å². The van der Waals surface area contributed by atoms with E-state index in [1.165, 1.54) is 11.1 Å². The Hall–Kier alpha value is -4.74. The fourth-order valence-electron chi connectivity index (χ4n) is 6.65. The number of aliphatic hydroxyl groups excluding tert-OH is 1. The average molecular weight is 681 g/mol. The molecule has 6 rings (SSSR count). The zero-order chi connectivity index (χ0) is 35.0. The van der Waals surface area contributed by atoms with E-state index in [-0.39, 0.29) is 37.6 Å². The van der Waals surface area contributed by atoms with Crippen LogP contribution in [0.1, 0.15) is 65.0 Å². The molecule has 0 unspecified atom stereocenters. The van der Waals surface area contributed by atoms with Crippen LogP contribution < -0.4 is 14.8 Å². The third kappa shape index (κ3) is 8.70. The van der Waals surface area contributed by atoms with Crippen LogP contribution in [-0.4, -0.2) is 60.4 Å². The molecule has 2 aliphatic heterocycles. The van der Waals surface area contributed by atoms with Crippen molar-refractivity contribution in [3.05, 3.63) is 118 Å². The number of nitrogens with zero attached hydrogens (tertiary/aromatic N) is 1. The van der Waals surface area contributed by atoms with Crippen molar-refractivity contribution < 1.29 is 38.7 Å². The SMILES string of the molecule is COc1cc2c(cc1OC)CN(C[C@@H]1C[C@H](c3ccc(CO)cc3)O[C@H](c3cccc(-c4cccc(CNC(=O)CCC(=O)O)c4)c3)O1)CC2. The summed E-state index contributed by atoms with van der Waals surface area (Å²) in [6, 6.07) is 28.1. The number of rotatable bonds is 13. The van der Waals surface area contributed by atoms with Gasteiger partial charge in [0, 0.05) is 44.6 Å². The molecule has 0 radical (unpaired) electrons. The number of carbonyl (C=O) groups is 2. The standard InChI is InChI=1S/C40H44N2O8/c1-47-36-19-31-15-16-42(23-33(31)20-37(36)48-2)24-34-21-35(28-11-9-26(25-43)10-12-28)50-40(49-34)32-8-4-7-30(18-32)29-6-3-5-27(17-29)22-41-38(44)13-14-39(45)46/h3-12,17-20,34-35,40,43H,13-16,21-25H2,1-2H3,(H,41,44)(H,45,46)/t34-,35+,40+/m0/s1. The fourth-order valence-corrected chi connectivity index (χ4v) is 6.65. The molecule has 1 amide bonds. The van der Waals surface area contributed by atoms with Crippen molar-refractivity contribution in [1.29, 1.82) is 0 Å². The van der Waals surface area contributed by atoms with Gasteiger partial charge in [-0.05, 0) is 69.6 Å². The van der Waals surface area contributed by atoms with Crippen LogP contribution in [0, 0.1) is 0 Å². The monoisotopic (exact) mass is 680 g/mol. The van der Waals surface area contributed by atoms with Gasteiger partial charge in [0.1, 0.15) is 0 Å². The summed E-state index contributed by atoms with van der Waals surface area (Å²) in [5.74, 6) is 0.187. The minimum absolute atomic E-state index is 0.0155. The minimum atomic E-state index is -0.995. The summed E-state index contributed by atoms with van der Waals surface area (Å²) < 4.78 is 24.5. The number of fused-ring (bicyclic) bond motifs is 1. The molecule has 1 fully saturated rings. The zero-order valence-electron chi connectivity index (χ0n) is 28.5. The molecule has 0 saturated carbocycles. The van der Waals surface area contributed by atoms with E-state index in [4.69, 9.17) is 24.1 Å². The Kier molecular flexibility index (Phi) is 11.5. The Labute approximate surface area is 292 Å². The predicted molar refractivity (Wildman–Crippen MR) is 188 cm³/mol. The van der Waals surface area contributed by atoms with E-state index in [1.807, 2.05) is 66.7 Å². The Bertz CT molecular complexity index is 1790. The molecule has 1 saturated heterocycles. The smallest absolute Gasteiger partial charge is 0.303 e. The second-order valence-electron chi connectivity index (χ2n) is 12.8. The summed E-state index contributed by atoms with van der Waals surface area (Å²) in [7, 11) is 3.32. The van der Waals surface area contributed by atoms with Crippen molar-refractivity contribution in [3.8, 4) is 22.6 Å². The number of hydrogen-bond donors (Lipinski definition) is 3. The largest absolute Gasteiger partial charge is 0.493 e. The van der Waals surface area contributed by atoms with E-state index >= 15 is 0 Å². The maximum absolute atomic E-state index is 12.1. The van der Waals surface area contributed by atoms with E-state index in [0.717, 1.165) is 70.9 Å². The number of carbonyl (C=O) groups excluding carboxylic acids is 1. The number of aliphatic carboxylic acids is 1. The molecule has 50 heavy (non-hydrogen) atoms. The second kappa shape index (κ2) is 16.3. The molecule has 262 valence electrons. The van der Waals surface area contributed by atoms with Crippen LogP contribution in [0.3, 0.4) is 0 Å². The van der Waals surface area contributed by atoms with Crippen molar-refractivity contribution in [2.75, 3.05) is 27.3 Å². The van der Waals surface area contributed by atoms with E-state index in [1.54, 1.807) is 14.2 Å². The predicted octanol–water partition coefficient (Wildman–Crippen LogP) is 5.95. The Balaban J connectivity index is 1.20. The van der Waals surface area contributed by atoms with E-state index in [9.17, 15) is 14.7 Å². The number of carboxylic acids is 1. The molecule has 0 aromatic heterocycles. The third-order valence-corrected chi connectivity index (χ3v) is 9.35. The van der Waals surface area contributed by atoms with E-state index in [2.05, 4.69) is 28.4 Å². The molecule has 10 heteroatoms. The Morgan fingerprint density at radius 2 is 1.56 bits per heavy atom. The zero-order valence-corrected chi connectivity index (χ0v) is 28.5. The fraction of sp³-hybridized carbons (Fsp3) is 0.350. The molecule has 0 aliphatic carbocycles. The number of amides is 1. The number of hydrogen-bond acceptors (Lipinski definition) is 8. The number of aliphatic hydroxyl groups is 1. The molecule has 2 aliphatic rings. The summed E-state index contributed by atoms with van der Waals surface area (Å²) in [5.41, 5.74) is 8.16. The topological polar surface area (TPSA) is 127 Å². The number of benzene rings is 4. The molecule has 3 N–H and O–H groups in total. The molecular weight excluding hydrogens is 636 g/mol. The molecule has 4 aromatic rings. The van der Waals surface area contributed by atoms with Crippen molar-refractivity contribution in [2.45, 2.75) is 63.9 Å². The van der Waals surface area contributed by atoms with E-state index in [0.29, 0.717) is 13.0 Å². The van der Waals surface area contributed by atoms with Gasteiger partial charge < -0.3 is 34.5 Å². The third-order valence-electron chi connectivity index (χ3n) is 9.35. The highest BCUT2D eigenvalue weighted by atomic mass is 16.7. The molecule has 0 spiro atoms. The van der Waals surface area contributed by atoms with Gasteiger partial charge in [-0.3, -0.25) is 14.5 Å². The van der Waals surface area contributed by atoms with Crippen LogP contribution >= 0.6 is 0 Å². The lowest BCUT2D eigenvalue weighted by atomic mass is 9.96. The van der Waals surface area contributed by atoms with Gasteiger partial charge in [0.25, 0.3) is 0 Å². The van der Waals surface area contributed by atoms with Gasteiger partial charge in [-0.1, -0.05) is 60.7 Å². The lowest BCUT2D eigenvalue weighted by Gasteiger charge is -2.39. The maximum atomic E-state index is 12.1. The van der Waals surface area contributed by atoms with Gasteiger partial charge in [0.05, 0.1) is 39.5 Å². The molecule has 10 nitrogen and oxygen atoms in total. The van der Waals surface area contributed by atoms with Gasteiger partial charge in [0.15, 0.2) is 17.8 Å². The Morgan fingerprint density at radius 3 is 2.28 bits per heavy atom. The lowest BCUT2D eigenvalue weighted by Crippen LogP contribution is -2.41.